The van der Waals surface area contributed by atoms with Gasteiger partial charge in [0.25, 0.3) is 5.91 Å². The smallest absolute Gasteiger partial charge is 0.325 e. The minimum atomic E-state index is -0.560. The summed E-state index contributed by atoms with van der Waals surface area (Å²) in [5, 5.41) is 3.13. The van der Waals surface area contributed by atoms with Gasteiger partial charge in [-0.25, -0.2) is 9.79 Å². The number of urea groups is 1. The lowest BCUT2D eigenvalue weighted by molar-refractivity contribution is -0.127. The number of fused-ring (bicyclic) bond motifs is 1. The van der Waals surface area contributed by atoms with E-state index in [1.807, 2.05) is 29.2 Å². The molecule has 0 spiro atoms. The number of guanidine groups is 1. The van der Waals surface area contributed by atoms with Gasteiger partial charge < -0.3 is 14.7 Å². The normalized spacial score (nSPS) is 22.8. The average molecular weight is 495 g/mol. The van der Waals surface area contributed by atoms with Crippen molar-refractivity contribution in [1.29, 1.82) is 0 Å². The summed E-state index contributed by atoms with van der Waals surface area (Å²) in [4.78, 5) is 38.3. The van der Waals surface area contributed by atoms with Crippen LogP contribution in [0.2, 0.25) is 5.02 Å². The molecule has 3 aliphatic rings. The van der Waals surface area contributed by atoms with E-state index < -0.39 is 18.2 Å². The summed E-state index contributed by atoms with van der Waals surface area (Å²) in [6.07, 6.45) is 1.68. The lowest BCUT2D eigenvalue weighted by Gasteiger charge is -2.40. The zero-order valence-corrected chi connectivity index (χ0v) is 20.7. The predicted octanol–water partition coefficient (Wildman–Crippen LogP) is 2.64. The maximum absolute atomic E-state index is 12.9. The third-order valence-electron chi connectivity index (χ3n) is 7.02. The van der Waals surface area contributed by atoms with Crippen LogP contribution in [0.5, 0.6) is 0 Å². The second-order valence-electron chi connectivity index (χ2n) is 9.37. The van der Waals surface area contributed by atoms with Crippen LogP contribution in [0.25, 0.3) is 0 Å². The van der Waals surface area contributed by atoms with E-state index in [2.05, 4.69) is 45.4 Å². The number of amides is 3. The van der Waals surface area contributed by atoms with E-state index in [0.29, 0.717) is 11.6 Å². The van der Waals surface area contributed by atoms with E-state index in [0.717, 1.165) is 57.1 Å². The summed E-state index contributed by atoms with van der Waals surface area (Å²) in [5.41, 5.74) is 2.38. The monoisotopic (exact) mass is 494 g/mol. The lowest BCUT2D eigenvalue weighted by atomic mass is 10.1. The molecule has 9 heteroatoms. The number of imide groups is 1. The molecule has 3 aliphatic heterocycles. The number of nitrogens with one attached hydrogen (secondary N) is 1. The van der Waals surface area contributed by atoms with Gasteiger partial charge in [0.2, 0.25) is 0 Å². The van der Waals surface area contributed by atoms with Crippen molar-refractivity contribution < 1.29 is 9.59 Å². The highest BCUT2D eigenvalue weighted by molar-refractivity contribution is 6.30. The Hall–Kier alpha value is -3.10. The Morgan fingerprint density at radius 1 is 1.00 bits per heavy atom. The van der Waals surface area contributed by atoms with Gasteiger partial charge in [-0.15, -0.1) is 0 Å². The Bertz CT molecular complexity index is 1100. The first-order valence-corrected chi connectivity index (χ1v) is 12.5. The predicted molar refractivity (Wildman–Crippen MR) is 136 cm³/mol. The fourth-order valence-corrected chi connectivity index (χ4v) is 5.31. The summed E-state index contributed by atoms with van der Waals surface area (Å²) in [5.74, 6) is 0.471. The Balaban J connectivity index is 1.26. The SMILES string of the molecule is CN1C(=O)NC(=O)C2C1N=C(N1CCN(CCCc3ccccc3)CC1)N2Cc1cccc(Cl)c1. The first kappa shape index (κ1) is 23.6. The second-order valence-corrected chi connectivity index (χ2v) is 9.80. The summed E-state index contributed by atoms with van der Waals surface area (Å²) in [7, 11) is 1.69. The van der Waals surface area contributed by atoms with Gasteiger partial charge in [-0.2, -0.15) is 0 Å². The number of aryl methyl sites for hydroxylation is 1. The van der Waals surface area contributed by atoms with E-state index in [1.165, 1.54) is 10.5 Å². The molecule has 8 nitrogen and oxygen atoms in total. The van der Waals surface area contributed by atoms with E-state index in [-0.39, 0.29) is 5.91 Å². The molecule has 35 heavy (non-hydrogen) atoms. The van der Waals surface area contributed by atoms with Crippen LogP contribution in [0, 0.1) is 0 Å². The summed E-state index contributed by atoms with van der Waals surface area (Å²) in [6.45, 7) is 5.09. The van der Waals surface area contributed by atoms with Crippen LogP contribution >= 0.6 is 11.6 Å². The first-order chi connectivity index (χ1) is 17.0. The maximum atomic E-state index is 12.9. The van der Waals surface area contributed by atoms with Crippen LogP contribution in [0.15, 0.2) is 59.6 Å². The highest BCUT2D eigenvalue weighted by Crippen LogP contribution is 2.28. The number of carbonyl (C=O) groups is 2. The Kier molecular flexibility index (Phi) is 6.92. The molecule has 0 aliphatic carbocycles. The van der Waals surface area contributed by atoms with Gasteiger partial charge in [0.1, 0.15) is 0 Å². The van der Waals surface area contributed by atoms with Crippen LogP contribution < -0.4 is 5.32 Å². The number of hydrogen-bond acceptors (Lipinski definition) is 6. The fraction of sp³-hybridized carbons (Fsp3) is 0.423. The Morgan fingerprint density at radius 3 is 2.49 bits per heavy atom. The number of hydrogen-bond donors (Lipinski definition) is 1. The fourth-order valence-electron chi connectivity index (χ4n) is 5.10. The molecule has 184 valence electrons. The van der Waals surface area contributed by atoms with Crippen molar-refractivity contribution >= 4 is 29.5 Å². The Labute approximate surface area is 211 Å². The van der Waals surface area contributed by atoms with Crippen molar-refractivity contribution in [2.45, 2.75) is 31.6 Å². The summed E-state index contributed by atoms with van der Waals surface area (Å²) < 4.78 is 0. The minimum Gasteiger partial charge on any atom is -0.340 e. The topological polar surface area (TPSA) is 71.5 Å². The number of halogens is 1. The average Bonchev–Trinajstić information content (AvgIpc) is 3.23. The molecule has 3 amide bonds. The molecular formula is C26H31ClN6O2. The number of benzene rings is 2. The summed E-state index contributed by atoms with van der Waals surface area (Å²) in [6, 6.07) is 17.3. The van der Waals surface area contributed by atoms with Gasteiger partial charge in [0.15, 0.2) is 18.2 Å². The van der Waals surface area contributed by atoms with Crippen molar-refractivity contribution in [2.75, 3.05) is 39.8 Å². The van der Waals surface area contributed by atoms with Gasteiger partial charge in [-0.1, -0.05) is 54.1 Å². The van der Waals surface area contributed by atoms with Crippen LogP contribution in [0.3, 0.4) is 0 Å². The second kappa shape index (κ2) is 10.3. The van der Waals surface area contributed by atoms with Gasteiger partial charge >= 0.3 is 6.03 Å². The number of carbonyl (C=O) groups excluding carboxylic acids is 2. The van der Waals surface area contributed by atoms with Gasteiger partial charge in [0, 0.05) is 44.8 Å². The molecule has 2 aromatic rings. The molecule has 2 atom stereocenters. The molecule has 2 saturated heterocycles. The van der Waals surface area contributed by atoms with E-state index in [9.17, 15) is 9.59 Å². The third-order valence-corrected chi connectivity index (χ3v) is 7.25. The summed E-state index contributed by atoms with van der Waals surface area (Å²) >= 11 is 6.22. The van der Waals surface area contributed by atoms with Gasteiger partial charge in [-0.3, -0.25) is 15.0 Å². The number of rotatable bonds is 6. The third kappa shape index (κ3) is 5.13. The zero-order valence-electron chi connectivity index (χ0n) is 19.9. The standard InChI is InChI=1S/C26H31ClN6O2/c1-30-23-22(24(34)29-26(30)35)33(18-20-9-5-11-21(27)17-20)25(28-23)32-15-13-31(14-16-32)12-6-10-19-7-3-2-4-8-19/h2-5,7-9,11,17,22-23H,6,10,12-16,18H2,1H3,(H,29,34,35). The molecule has 0 bridgehead atoms. The molecule has 2 unspecified atom stereocenters. The largest absolute Gasteiger partial charge is 0.340 e. The van der Waals surface area contributed by atoms with Crippen LogP contribution in [0.4, 0.5) is 4.79 Å². The molecule has 2 aromatic carbocycles. The van der Waals surface area contributed by atoms with E-state index in [1.54, 1.807) is 7.05 Å². The van der Waals surface area contributed by atoms with Crippen molar-refractivity contribution in [3.63, 3.8) is 0 Å². The van der Waals surface area contributed by atoms with E-state index in [4.69, 9.17) is 16.6 Å². The van der Waals surface area contributed by atoms with Gasteiger partial charge in [0.05, 0.1) is 0 Å². The number of aliphatic imine (C=N–C) groups is 1. The highest BCUT2D eigenvalue weighted by atomic mass is 35.5. The number of likely N-dealkylation sites (N-methyl/N-ethyl adjacent to an activating group) is 1. The van der Waals surface area contributed by atoms with Crippen LogP contribution in [0.1, 0.15) is 17.5 Å². The lowest BCUT2D eigenvalue weighted by Crippen LogP contribution is -2.64. The minimum absolute atomic E-state index is 0.307. The molecule has 2 fully saturated rings. The molecule has 3 heterocycles. The molecule has 0 radical (unpaired) electrons. The van der Waals surface area contributed by atoms with Crippen LogP contribution in [-0.2, 0) is 17.8 Å². The molecule has 5 rings (SSSR count). The molecular weight excluding hydrogens is 464 g/mol. The van der Waals surface area contributed by atoms with Crippen molar-refractivity contribution in [3.05, 3.63) is 70.7 Å². The number of nitrogens with zero attached hydrogens (tertiary/aromatic N) is 5. The van der Waals surface area contributed by atoms with Crippen LogP contribution in [-0.4, -0.2) is 89.5 Å². The molecule has 0 saturated carbocycles. The van der Waals surface area contributed by atoms with E-state index >= 15 is 0 Å². The first-order valence-electron chi connectivity index (χ1n) is 12.2. The quantitative estimate of drug-likeness (QED) is 0.668. The Morgan fingerprint density at radius 2 is 1.74 bits per heavy atom. The van der Waals surface area contributed by atoms with Gasteiger partial charge in [-0.05, 0) is 42.6 Å². The zero-order chi connectivity index (χ0) is 24.4. The number of piperazine rings is 1. The highest BCUT2D eigenvalue weighted by Gasteiger charge is 2.49. The van der Waals surface area contributed by atoms with Crippen molar-refractivity contribution in [3.8, 4) is 0 Å². The molecule has 0 aromatic heterocycles. The van der Waals surface area contributed by atoms with Crippen molar-refractivity contribution in [1.82, 2.24) is 24.9 Å². The van der Waals surface area contributed by atoms with Crippen molar-refractivity contribution in [2.24, 2.45) is 4.99 Å². The molecule has 1 N–H and O–H groups in total. The maximum Gasteiger partial charge on any atom is 0.325 e.